The summed E-state index contributed by atoms with van der Waals surface area (Å²) >= 11 is 1.33. The van der Waals surface area contributed by atoms with E-state index in [0.717, 1.165) is 35.3 Å². The van der Waals surface area contributed by atoms with Gasteiger partial charge in [0.05, 0.1) is 17.4 Å². The normalized spacial score (nSPS) is 20.7. The van der Waals surface area contributed by atoms with Crippen LogP contribution in [0.2, 0.25) is 0 Å². The number of nitrogens with one attached hydrogen (secondary N) is 2. The first-order valence-corrected chi connectivity index (χ1v) is 16.1. The van der Waals surface area contributed by atoms with Crippen molar-refractivity contribution in [3.05, 3.63) is 108 Å². The lowest BCUT2D eigenvalue weighted by Gasteiger charge is -2.35. The van der Waals surface area contributed by atoms with Crippen molar-refractivity contribution in [3.63, 3.8) is 0 Å². The van der Waals surface area contributed by atoms with Crippen molar-refractivity contribution in [2.75, 3.05) is 11.4 Å². The number of hydrogen-bond acceptors (Lipinski definition) is 6. The standard InChI is InChI=1S/C35H33N5O4S/c1-22-20-25(44-24-12-6-3-7-13-24)15-16-27(22)40-28-17-18-36-33-29(28)30(38-35(40)43)31(45-33)32(41)37-26-14-8-9-19-39(34(26)42)21-23-10-4-2-5-11-23/h2-7,10-13,15-18,20,26,30-31H,8-9,14,19,21H2,1H3,(H,37,41)(H,38,43)/t26?,30?,31-/m0/s1. The Balaban J connectivity index is 1.10. The Kier molecular flexibility index (Phi) is 7.89. The smallest absolute Gasteiger partial charge is 0.327 e. The fraction of sp³-hybridized carbons (Fsp3) is 0.257. The number of amides is 4. The van der Waals surface area contributed by atoms with Gasteiger partial charge >= 0.3 is 6.03 Å². The van der Waals surface area contributed by atoms with Gasteiger partial charge in [-0.2, -0.15) is 0 Å². The molecule has 4 heterocycles. The van der Waals surface area contributed by atoms with Crippen LogP contribution in [0.5, 0.6) is 11.5 Å². The minimum atomic E-state index is -0.652. The monoisotopic (exact) mass is 619 g/mol. The van der Waals surface area contributed by atoms with Crippen LogP contribution in [-0.2, 0) is 16.1 Å². The molecule has 3 aromatic carbocycles. The Labute approximate surface area is 266 Å². The second kappa shape index (κ2) is 12.3. The molecule has 9 nitrogen and oxygen atoms in total. The number of thioether (sulfide) groups is 1. The predicted octanol–water partition coefficient (Wildman–Crippen LogP) is 6.26. The number of nitrogens with zero attached hydrogens (tertiary/aromatic N) is 3. The van der Waals surface area contributed by atoms with E-state index in [1.165, 1.54) is 11.8 Å². The van der Waals surface area contributed by atoms with Crippen LogP contribution in [0.4, 0.5) is 16.2 Å². The number of likely N-dealkylation sites (tertiary alicyclic amines) is 1. The average Bonchev–Trinajstić information content (AvgIpc) is 3.34. The Bertz CT molecular complexity index is 1750. The molecule has 3 aliphatic rings. The largest absolute Gasteiger partial charge is 0.457 e. The molecule has 0 spiro atoms. The molecular weight excluding hydrogens is 586 g/mol. The van der Waals surface area contributed by atoms with Crippen LogP contribution in [0.1, 0.15) is 42.0 Å². The topological polar surface area (TPSA) is 104 Å². The highest BCUT2D eigenvalue weighted by Crippen LogP contribution is 2.51. The first kappa shape index (κ1) is 28.9. The van der Waals surface area contributed by atoms with Crippen LogP contribution in [0.25, 0.3) is 0 Å². The summed E-state index contributed by atoms with van der Waals surface area (Å²) in [6, 6.07) is 25.3. The third-order valence-corrected chi connectivity index (χ3v) is 9.75. The Morgan fingerprint density at radius 1 is 0.978 bits per heavy atom. The fourth-order valence-corrected chi connectivity index (χ4v) is 7.52. The summed E-state index contributed by atoms with van der Waals surface area (Å²) in [6.07, 6.45) is 3.98. The van der Waals surface area contributed by atoms with Gasteiger partial charge in [-0.25, -0.2) is 9.78 Å². The number of aromatic nitrogens is 1. The number of hydrogen-bond donors (Lipinski definition) is 2. The number of rotatable bonds is 7. The Hall–Kier alpha value is -4.83. The average molecular weight is 620 g/mol. The zero-order chi connectivity index (χ0) is 30.9. The molecule has 1 aromatic heterocycles. The van der Waals surface area contributed by atoms with Gasteiger partial charge in [-0.3, -0.25) is 14.5 Å². The maximum absolute atomic E-state index is 13.8. The molecule has 4 aromatic rings. The minimum Gasteiger partial charge on any atom is -0.457 e. The van der Waals surface area contributed by atoms with Crippen molar-refractivity contribution in [2.24, 2.45) is 0 Å². The van der Waals surface area contributed by atoms with E-state index in [1.807, 2.05) is 96.8 Å². The molecule has 0 radical (unpaired) electrons. The highest BCUT2D eigenvalue weighted by molar-refractivity contribution is 8.01. The van der Waals surface area contributed by atoms with Crippen molar-refractivity contribution in [1.82, 2.24) is 20.5 Å². The molecule has 2 unspecified atom stereocenters. The second-order valence-electron chi connectivity index (χ2n) is 11.5. The van der Waals surface area contributed by atoms with Gasteiger partial charge in [0.2, 0.25) is 11.8 Å². The molecule has 1 saturated heterocycles. The van der Waals surface area contributed by atoms with Crippen molar-refractivity contribution in [3.8, 4) is 11.5 Å². The van der Waals surface area contributed by atoms with E-state index in [0.29, 0.717) is 41.7 Å². The maximum atomic E-state index is 13.8. The van der Waals surface area contributed by atoms with Crippen LogP contribution in [0.3, 0.4) is 0 Å². The lowest BCUT2D eigenvalue weighted by atomic mass is 9.99. The number of ether oxygens (including phenoxy) is 1. The Morgan fingerprint density at radius 3 is 2.53 bits per heavy atom. The zero-order valence-electron chi connectivity index (χ0n) is 24.8. The van der Waals surface area contributed by atoms with Crippen LogP contribution < -0.4 is 20.3 Å². The lowest BCUT2D eigenvalue weighted by Crippen LogP contribution is -2.53. The number of carbonyl (C=O) groups excluding carboxylic acids is 3. The molecule has 10 heteroatoms. The highest BCUT2D eigenvalue weighted by Gasteiger charge is 2.47. The number of carbonyl (C=O) groups is 3. The summed E-state index contributed by atoms with van der Waals surface area (Å²) in [4.78, 5) is 49.1. The van der Waals surface area contributed by atoms with Gasteiger partial charge in [0.1, 0.15) is 27.8 Å². The second-order valence-corrected chi connectivity index (χ2v) is 12.6. The van der Waals surface area contributed by atoms with Crippen molar-refractivity contribution < 1.29 is 19.1 Å². The zero-order valence-corrected chi connectivity index (χ0v) is 25.6. The number of aryl methyl sites for hydroxylation is 1. The van der Waals surface area contributed by atoms with Gasteiger partial charge in [-0.05, 0) is 73.7 Å². The minimum absolute atomic E-state index is 0.0713. The number of pyridine rings is 1. The molecular formula is C35H33N5O4S. The van der Waals surface area contributed by atoms with E-state index in [-0.39, 0.29) is 17.8 Å². The third-order valence-electron chi connectivity index (χ3n) is 8.47. The van der Waals surface area contributed by atoms with E-state index >= 15 is 0 Å². The van der Waals surface area contributed by atoms with Crippen LogP contribution >= 0.6 is 11.8 Å². The summed E-state index contributed by atoms with van der Waals surface area (Å²) in [6.45, 7) is 3.10. The fourth-order valence-electron chi connectivity index (χ4n) is 6.28. The summed E-state index contributed by atoms with van der Waals surface area (Å²) in [5.74, 6) is 1.05. The molecule has 1 fully saturated rings. The summed E-state index contributed by atoms with van der Waals surface area (Å²) < 4.78 is 5.99. The van der Waals surface area contributed by atoms with Crippen LogP contribution in [0, 0.1) is 6.92 Å². The van der Waals surface area contributed by atoms with Crippen molar-refractivity contribution in [1.29, 1.82) is 0 Å². The molecule has 3 atom stereocenters. The van der Waals surface area contributed by atoms with Gasteiger partial charge in [0.25, 0.3) is 0 Å². The molecule has 228 valence electrons. The van der Waals surface area contributed by atoms with Crippen LogP contribution in [-0.4, -0.2) is 45.6 Å². The Morgan fingerprint density at radius 2 is 1.76 bits per heavy atom. The SMILES string of the molecule is Cc1cc(Oc2ccccc2)ccc1N1C(=O)NC2c3c1ccnc3S[C@@H]2C(=O)NC1CCCCN(Cc2ccccc2)C1=O. The molecule has 7 rings (SSSR count). The lowest BCUT2D eigenvalue weighted by molar-refractivity contribution is -0.136. The van der Waals surface area contributed by atoms with Crippen LogP contribution in [0.15, 0.2) is 96.2 Å². The molecule has 0 aliphatic carbocycles. The molecule has 4 amide bonds. The van der Waals surface area contributed by atoms with Gasteiger partial charge < -0.3 is 20.3 Å². The number of urea groups is 1. The molecule has 0 saturated carbocycles. The number of anilines is 2. The summed E-state index contributed by atoms with van der Waals surface area (Å²) in [7, 11) is 0. The van der Waals surface area contributed by atoms with Crippen molar-refractivity contribution in [2.45, 2.75) is 55.1 Å². The van der Waals surface area contributed by atoms with E-state index in [9.17, 15) is 14.4 Å². The summed E-state index contributed by atoms with van der Waals surface area (Å²) in [5.41, 5.74) is 4.12. The first-order valence-electron chi connectivity index (χ1n) is 15.2. The summed E-state index contributed by atoms with van der Waals surface area (Å²) in [5, 5.41) is 6.17. The van der Waals surface area contributed by atoms with E-state index in [2.05, 4.69) is 15.6 Å². The maximum Gasteiger partial charge on any atom is 0.327 e. The van der Waals surface area contributed by atoms with Gasteiger partial charge in [-0.1, -0.05) is 60.3 Å². The highest BCUT2D eigenvalue weighted by atomic mass is 32.2. The number of para-hydroxylation sites is 1. The molecule has 0 bridgehead atoms. The molecule has 45 heavy (non-hydrogen) atoms. The third kappa shape index (κ3) is 5.73. The molecule has 2 N–H and O–H groups in total. The first-order chi connectivity index (χ1) is 22.0. The van der Waals surface area contributed by atoms with Gasteiger partial charge in [0.15, 0.2) is 0 Å². The van der Waals surface area contributed by atoms with Gasteiger partial charge in [0, 0.05) is 24.8 Å². The van der Waals surface area contributed by atoms with Crippen molar-refractivity contribution >= 4 is 41.0 Å². The van der Waals surface area contributed by atoms with E-state index in [1.54, 1.807) is 11.1 Å². The van der Waals surface area contributed by atoms with Gasteiger partial charge in [-0.15, -0.1) is 0 Å². The van der Waals surface area contributed by atoms with E-state index in [4.69, 9.17) is 4.74 Å². The van der Waals surface area contributed by atoms with E-state index < -0.39 is 17.3 Å². The predicted molar refractivity (Wildman–Crippen MR) is 173 cm³/mol. The molecule has 3 aliphatic heterocycles. The quantitative estimate of drug-likeness (QED) is 0.253. The number of benzene rings is 3.